The fourth-order valence-corrected chi connectivity index (χ4v) is 2.56. The average Bonchev–Trinajstić information content (AvgIpc) is 2.74. The molecule has 0 spiro atoms. The predicted octanol–water partition coefficient (Wildman–Crippen LogP) is 0.0800. The van der Waals surface area contributed by atoms with Crippen LogP contribution in [0.4, 0.5) is 0 Å². The van der Waals surface area contributed by atoms with Crippen LogP contribution >= 0.6 is 0 Å². The SMILES string of the molecule is Cn1c(C(C)(C)C)nc2c1c(=O)n(CCCN)c(=O)n2C. The standard InChI is InChI=1S/C14H23N5O2/c1-14(2,3)12-16-10-9(17(12)4)11(20)19(8-6-7-15)13(21)18(10)5/h6-8,15H2,1-5H3. The number of aryl methyl sites for hydroxylation is 2. The molecule has 0 atom stereocenters. The van der Waals surface area contributed by atoms with Gasteiger partial charge in [-0.1, -0.05) is 20.8 Å². The zero-order valence-electron chi connectivity index (χ0n) is 13.3. The van der Waals surface area contributed by atoms with Crippen molar-refractivity contribution in [2.75, 3.05) is 6.54 Å². The highest BCUT2D eigenvalue weighted by atomic mass is 16.2. The Balaban J connectivity index is 2.87. The second-order valence-corrected chi connectivity index (χ2v) is 6.36. The first-order valence-electron chi connectivity index (χ1n) is 7.07. The first kappa shape index (κ1) is 15.5. The molecule has 2 rings (SSSR count). The minimum Gasteiger partial charge on any atom is -0.330 e. The molecule has 0 aliphatic heterocycles. The fourth-order valence-electron chi connectivity index (χ4n) is 2.56. The van der Waals surface area contributed by atoms with Crippen LogP contribution in [-0.4, -0.2) is 25.2 Å². The molecule has 7 nitrogen and oxygen atoms in total. The lowest BCUT2D eigenvalue weighted by atomic mass is 9.96. The van der Waals surface area contributed by atoms with Crippen LogP contribution in [-0.2, 0) is 26.1 Å². The smallest absolute Gasteiger partial charge is 0.330 e. The Morgan fingerprint density at radius 2 is 1.76 bits per heavy atom. The Bertz CT molecular complexity index is 789. The van der Waals surface area contributed by atoms with Crippen LogP contribution < -0.4 is 17.0 Å². The molecule has 0 radical (unpaired) electrons. The molecule has 2 aromatic heterocycles. The van der Waals surface area contributed by atoms with Crippen molar-refractivity contribution in [1.29, 1.82) is 0 Å². The van der Waals surface area contributed by atoms with E-state index in [2.05, 4.69) is 4.98 Å². The van der Waals surface area contributed by atoms with E-state index in [1.807, 2.05) is 27.8 Å². The van der Waals surface area contributed by atoms with E-state index in [4.69, 9.17) is 5.73 Å². The summed E-state index contributed by atoms with van der Waals surface area (Å²) in [7, 11) is 3.46. The highest BCUT2D eigenvalue weighted by Gasteiger charge is 2.25. The molecule has 0 saturated carbocycles. The topological polar surface area (TPSA) is 87.8 Å². The van der Waals surface area contributed by atoms with Crippen molar-refractivity contribution < 1.29 is 0 Å². The molecule has 21 heavy (non-hydrogen) atoms. The van der Waals surface area contributed by atoms with Gasteiger partial charge in [-0.2, -0.15) is 0 Å². The normalized spacial score (nSPS) is 12.3. The van der Waals surface area contributed by atoms with Crippen LogP contribution in [0.3, 0.4) is 0 Å². The highest BCUT2D eigenvalue weighted by molar-refractivity contribution is 5.71. The third-order valence-corrected chi connectivity index (χ3v) is 3.62. The summed E-state index contributed by atoms with van der Waals surface area (Å²) in [6.07, 6.45) is 0.588. The molecule has 2 N–H and O–H groups in total. The second-order valence-electron chi connectivity index (χ2n) is 6.36. The van der Waals surface area contributed by atoms with Crippen LogP contribution in [0.25, 0.3) is 11.2 Å². The van der Waals surface area contributed by atoms with Gasteiger partial charge in [0, 0.05) is 26.1 Å². The first-order chi connectivity index (χ1) is 9.70. The van der Waals surface area contributed by atoms with Crippen molar-refractivity contribution in [2.24, 2.45) is 19.8 Å². The molecule has 116 valence electrons. The summed E-state index contributed by atoms with van der Waals surface area (Å²) in [6.45, 7) is 6.85. The number of rotatable bonds is 3. The first-order valence-corrected chi connectivity index (χ1v) is 7.07. The summed E-state index contributed by atoms with van der Waals surface area (Å²) >= 11 is 0. The van der Waals surface area contributed by atoms with Crippen molar-refractivity contribution in [1.82, 2.24) is 18.7 Å². The van der Waals surface area contributed by atoms with Crippen LogP contribution in [0.5, 0.6) is 0 Å². The summed E-state index contributed by atoms with van der Waals surface area (Å²) in [5.41, 5.74) is 5.51. The minimum atomic E-state index is -0.348. The monoisotopic (exact) mass is 293 g/mol. The molecule has 0 aromatic carbocycles. The summed E-state index contributed by atoms with van der Waals surface area (Å²) in [5, 5.41) is 0. The Morgan fingerprint density at radius 1 is 1.14 bits per heavy atom. The van der Waals surface area contributed by atoms with E-state index in [0.717, 1.165) is 5.82 Å². The summed E-state index contributed by atoms with van der Waals surface area (Å²) < 4.78 is 4.46. The zero-order valence-corrected chi connectivity index (χ0v) is 13.3. The predicted molar refractivity (Wildman–Crippen MR) is 82.6 cm³/mol. The van der Waals surface area contributed by atoms with Crippen LogP contribution in [0, 0.1) is 0 Å². The van der Waals surface area contributed by atoms with E-state index >= 15 is 0 Å². The molecule has 0 amide bonds. The third-order valence-electron chi connectivity index (χ3n) is 3.62. The van der Waals surface area contributed by atoms with Gasteiger partial charge in [-0.3, -0.25) is 13.9 Å². The number of hydrogen-bond donors (Lipinski definition) is 1. The maximum absolute atomic E-state index is 12.6. The zero-order chi connectivity index (χ0) is 15.9. The van der Waals surface area contributed by atoms with E-state index in [0.29, 0.717) is 30.7 Å². The van der Waals surface area contributed by atoms with Crippen molar-refractivity contribution in [3.63, 3.8) is 0 Å². The molecule has 0 unspecified atom stereocenters. The molecule has 2 aromatic rings. The van der Waals surface area contributed by atoms with Gasteiger partial charge in [-0.05, 0) is 13.0 Å². The van der Waals surface area contributed by atoms with E-state index in [1.54, 1.807) is 11.6 Å². The molecule has 0 saturated heterocycles. The molecular formula is C14H23N5O2. The van der Waals surface area contributed by atoms with Gasteiger partial charge in [0.15, 0.2) is 11.2 Å². The van der Waals surface area contributed by atoms with E-state index in [9.17, 15) is 9.59 Å². The number of imidazole rings is 1. The molecule has 0 aliphatic rings. The Hall–Kier alpha value is -1.89. The summed E-state index contributed by atoms with van der Waals surface area (Å²) in [5.74, 6) is 0.779. The number of hydrogen-bond acceptors (Lipinski definition) is 4. The maximum atomic E-state index is 12.6. The number of nitrogens with zero attached hydrogens (tertiary/aromatic N) is 4. The van der Waals surface area contributed by atoms with Crippen molar-refractivity contribution >= 4 is 11.2 Å². The minimum absolute atomic E-state index is 0.210. The lowest BCUT2D eigenvalue weighted by Crippen LogP contribution is -2.40. The fraction of sp³-hybridized carbons (Fsp3) is 0.643. The average molecular weight is 293 g/mol. The Morgan fingerprint density at radius 3 is 2.29 bits per heavy atom. The second kappa shape index (κ2) is 5.14. The summed E-state index contributed by atoms with van der Waals surface area (Å²) in [6, 6.07) is 0. The van der Waals surface area contributed by atoms with Gasteiger partial charge in [-0.15, -0.1) is 0 Å². The van der Waals surface area contributed by atoms with Crippen molar-refractivity contribution in [3.8, 4) is 0 Å². The van der Waals surface area contributed by atoms with Crippen LogP contribution in [0.2, 0.25) is 0 Å². The molecule has 0 fully saturated rings. The number of fused-ring (bicyclic) bond motifs is 1. The molecule has 0 bridgehead atoms. The third kappa shape index (κ3) is 2.42. The van der Waals surface area contributed by atoms with Crippen LogP contribution in [0.1, 0.15) is 33.0 Å². The van der Waals surface area contributed by atoms with Gasteiger partial charge in [0.1, 0.15) is 5.82 Å². The molecule has 0 aliphatic carbocycles. The lowest BCUT2D eigenvalue weighted by molar-refractivity contribution is 0.526. The van der Waals surface area contributed by atoms with Crippen molar-refractivity contribution in [3.05, 3.63) is 26.7 Å². The molecule has 2 heterocycles. The number of nitrogens with two attached hydrogens (primary N) is 1. The van der Waals surface area contributed by atoms with E-state index in [-0.39, 0.29) is 16.7 Å². The summed E-state index contributed by atoms with van der Waals surface area (Å²) in [4.78, 5) is 29.4. The van der Waals surface area contributed by atoms with Gasteiger partial charge in [0.25, 0.3) is 5.56 Å². The molecule has 7 heteroatoms. The largest absolute Gasteiger partial charge is 0.332 e. The quantitative estimate of drug-likeness (QED) is 0.868. The maximum Gasteiger partial charge on any atom is 0.332 e. The van der Waals surface area contributed by atoms with Gasteiger partial charge in [0.05, 0.1) is 0 Å². The Labute approximate surface area is 123 Å². The highest BCUT2D eigenvalue weighted by Crippen LogP contribution is 2.23. The van der Waals surface area contributed by atoms with Gasteiger partial charge >= 0.3 is 5.69 Å². The van der Waals surface area contributed by atoms with Gasteiger partial charge in [-0.25, -0.2) is 9.78 Å². The Kier molecular flexibility index (Phi) is 3.79. The number of aromatic nitrogens is 4. The van der Waals surface area contributed by atoms with Gasteiger partial charge < -0.3 is 10.3 Å². The lowest BCUT2D eigenvalue weighted by Gasteiger charge is -2.17. The van der Waals surface area contributed by atoms with Crippen molar-refractivity contribution in [2.45, 2.75) is 39.2 Å². The van der Waals surface area contributed by atoms with Crippen LogP contribution in [0.15, 0.2) is 9.59 Å². The molecular weight excluding hydrogens is 270 g/mol. The van der Waals surface area contributed by atoms with E-state index < -0.39 is 0 Å². The van der Waals surface area contributed by atoms with E-state index in [1.165, 1.54) is 9.13 Å². The van der Waals surface area contributed by atoms with Gasteiger partial charge in [0.2, 0.25) is 0 Å².